The minimum absolute atomic E-state index is 0.0925. The minimum atomic E-state index is -4.50. The fourth-order valence-electron chi connectivity index (χ4n) is 5.81. The number of halogens is 5. The second-order valence-corrected chi connectivity index (χ2v) is 11.9. The first-order valence-corrected chi connectivity index (χ1v) is 15.6. The van der Waals surface area contributed by atoms with Crippen molar-refractivity contribution < 1.29 is 41.0 Å². The number of pyridine rings is 1. The van der Waals surface area contributed by atoms with Crippen LogP contribution in [-0.2, 0) is 19.8 Å². The lowest BCUT2D eigenvalue weighted by Crippen LogP contribution is -2.48. The first-order valence-electron chi connectivity index (χ1n) is 15.6. The van der Waals surface area contributed by atoms with Gasteiger partial charge < -0.3 is 24.3 Å². The summed E-state index contributed by atoms with van der Waals surface area (Å²) in [5, 5.41) is 3.49. The van der Waals surface area contributed by atoms with E-state index in [0.29, 0.717) is 49.9 Å². The van der Waals surface area contributed by atoms with Crippen molar-refractivity contribution in [2.24, 2.45) is 7.05 Å². The predicted octanol–water partition coefficient (Wildman–Crippen LogP) is 7.50. The van der Waals surface area contributed by atoms with Gasteiger partial charge in [0.1, 0.15) is 17.2 Å². The van der Waals surface area contributed by atoms with Crippen LogP contribution in [0.2, 0.25) is 0 Å². The van der Waals surface area contributed by atoms with Gasteiger partial charge in [0.05, 0.1) is 23.0 Å². The minimum Gasteiger partial charge on any atom is -0.439 e. The van der Waals surface area contributed by atoms with E-state index in [9.17, 15) is 31.5 Å². The highest BCUT2D eigenvalue weighted by molar-refractivity contribution is 6.05. The Balaban J connectivity index is 1.05. The molecule has 9 nitrogen and oxygen atoms in total. The third kappa shape index (κ3) is 7.86. The van der Waals surface area contributed by atoms with Crippen LogP contribution < -0.4 is 14.8 Å². The molecule has 14 heteroatoms. The molecule has 1 aliphatic rings. The maximum absolute atomic E-state index is 13.5. The number of nitrogens with zero attached hydrogens (tertiary/aromatic N) is 4. The van der Waals surface area contributed by atoms with Gasteiger partial charge in [0, 0.05) is 62.9 Å². The van der Waals surface area contributed by atoms with E-state index in [1.165, 1.54) is 25.3 Å². The Labute approximate surface area is 283 Å². The highest BCUT2D eigenvalue weighted by Gasteiger charge is 2.31. The molecule has 0 unspecified atom stereocenters. The maximum Gasteiger partial charge on any atom is 0.416 e. The Morgan fingerprint density at radius 1 is 0.900 bits per heavy atom. The molecule has 1 fully saturated rings. The van der Waals surface area contributed by atoms with E-state index in [1.807, 2.05) is 28.6 Å². The van der Waals surface area contributed by atoms with Gasteiger partial charge in [0.15, 0.2) is 0 Å². The summed E-state index contributed by atoms with van der Waals surface area (Å²) in [6, 6.07) is 19.8. The van der Waals surface area contributed by atoms with E-state index in [1.54, 1.807) is 36.4 Å². The summed E-state index contributed by atoms with van der Waals surface area (Å²) in [7, 11) is 1.81. The average Bonchev–Trinajstić information content (AvgIpc) is 3.41. The van der Waals surface area contributed by atoms with Crippen LogP contribution in [0.4, 0.5) is 27.6 Å². The fourth-order valence-corrected chi connectivity index (χ4v) is 5.81. The number of fused-ring (bicyclic) bond motifs is 1. The number of nitrogens with one attached hydrogen (secondary N) is 1. The standard InChI is InChI=1S/C36H32F5N5O4/c1-22-17-25(36(39,40)41)6-11-29(22)33(47)43-26-7-12-32(42-20-26)49-28-10-5-24-18-31(44(2)30(24)19-28)34(48)46-15-13-45(14-16-46)21-23-3-8-27(9-4-23)50-35(37)38/h3-12,17-20,35H,13-16,21H2,1-2H3,(H,43,47). The van der Waals surface area contributed by atoms with Gasteiger partial charge in [-0.2, -0.15) is 22.0 Å². The van der Waals surface area contributed by atoms with Gasteiger partial charge >= 0.3 is 12.8 Å². The summed E-state index contributed by atoms with van der Waals surface area (Å²) < 4.78 is 75.9. The summed E-state index contributed by atoms with van der Waals surface area (Å²) in [6.45, 7) is 1.59. The molecule has 260 valence electrons. The van der Waals surface area contributed by atoms with Crippen molar-refractivity contribution in [3.8, 4) is 17.4 Å². The van der Waals surface area contributed by atoms with Gasteiger partial charge in [-0.1, -0.05) is 12.1 Å². The van der Waals surface area contributed by atoms with Gasteiger partial charge in [-0.05, 0) is 72.6 Å². The Morgan fingerprint density at radius 2 is 1.62 bits per heavy atom. The zero-order valence-electron chi connectivity index (χ0n) is 27.0. The SMILES string of the molecule is Cc1cc(C(F)(F)F)ccc1C(=O)Nc1ccc(Oc2ccc3cc(C(=O)N4CCN(Cc5ccc(OC(F)F)cc5)CC4)n(C)c3c2)nc1. The molecule has 2 amide bonds. The normalized spacial score (nSPS) is 13.9. The molecule has 0 atom stereocenters. The van der Waals surface area contributed by atoms with Gasteiger partial charge in [-0.3, -0.25) is 14.5 Å². The fraction of sp³-hybridized carbons (Fsp3) is 0.250. The number of carbonyl (C=O) groups excluding carboxylic acids is 2. The van der Waals surface area contributed by atoms with E-state index in [0.717, 1.165) is 34.7 Å². The number of alkyl halides is 5. The number of aryl methyl sites for hydroxylation is 2. The quantitative estimate of drug-likeness (QED) is 0.161. The number of aromatic nitrogens is 2. The van der Waals surface area contributed by atoms with Crippen LogP contribution in [0.25, 0.3) is 10.9 Å². The number of benzene rings is 3. The largest absolute Gasteiger partial charge is 0.439 e. The molecule has 6 rings (SSSR count). The summed E-state index contributed by atoms with van der Waals surface area (Å²) in [4.78, 5) is 34.5. The van der Waals surface area contributed by atoms with Crippen molar-refractivity contribution in [1.82, 2.24) is 19.4 Å². The Kier molecular flexibility index (Phi) is 9.73. The van der Waals surface area contributed by atoms with E-state index >= 15 is 0 Å². The van der Waals surface area contributed by atoms with Gasteiger partial charge in [0.25, 0.3) is 11.8 Å². The highest BCUT2D eigenvalue weighted by atomic mass is 19.4. The van der Waals surface area contributed by atoms with Crippen LogP contribution >= 0.6 is 0 Å². The summed E-state index contributed by atoms with van der Waals surface area (Å²) in [5.41, 5.74) is 2.08. The Hall–Kier alpha value is -5.50. The molecule has 0 radical (unpaired) electrons. The lowest BCUT2D eigenvalue weighted by atomic mass is 10.0. The Morgan fingerprint density at radius 3 is 2.26 bits per heavy atom. The van der Waals surface area contributed by atoms with Crippen molar-refractivity contribution in [3.63, 3.8) is 0 Å². The molecule has 1 aliphatic heterocycles. The number of carbonyl (C=O) groups is 2. The number of hydrogen-bond donors (Lipinski definition) is 1. The highest BCUT2D eigenvalue weighted by Crippen LogP contribution is 2.31. The van der Waals surface area contributed by atoms with E-state index in [-0.39, 0.29) is 28.7 Å². The molecule has 5 aromatic rings. The topological polar surface area (TPSA) is 88.9 Å². The summed E-state index contributed by atoms with van der Waals surface area (Å²) in [5.74, 6) is 0.171. The lowest BCUT2D eigenvalue weighted by Gasteiger charge is -2.34. The monoisotopic (exact) mass is 693 g/mol. The first-order chi connectivity index (χ1) is 23.8. The van der Waals surface area contributed by atoms with Crippen LogP contribution in [0.1, 0.15) is 37.5 Å². The maximum atomic E-state index is 13.5. The zero-order valence-corrected chi connectivity index (χ0v) is 27.0. The number of anilines is 1. The first kappa shape index (κ1) is 34.4. The second-order valence-electron chi connectivity index (χ2n) is 11.9. The van der Waals surface area contributed by atoms with Crippen molar-refractivity contribution >= 4 is 28.4 Å². The molecule has 3 heterocycles. The molecule has 0 bridgehead atoms. The van der Waals surface area contributed by atoms with Crippen molar-refractivity contribution in [1.29, 1.82) is 0 Å². The molecule has 3 aromatic carbocycles. The summed E-state index contributed by atoms with van der Waals surface area (Å²) >= 11 is 0. The summed E-state index contributed by atoms with van der Waals surface area (Å²) in [6.07, 6.45) is -3.12. The zero-order chi connectivity index (χ0) is 35.6. The second kappa shape index (κ2) is 14.2. The van der Waals surface area contributed by atoms with Gasteiger partial charge in [0.2, 0.25) is 5.88 Å². The van der Waals surface area contributed by atoms with Crippen molar-refractivity contribution in [2.75, 3.05) is 31.5 Å². The van der Waals surface area contributed by atoms with E-state index in [2.05, 4.69) is 19.9 Å². The molecule has 2 aromatic heterocycles. The van der Waals surface area contributed by atoms with Crippen molar-refractivity contribution in [3.05, 3.63) is 113 Å². The number of hydrogen-bond acceptors (Lipinski definition) is 6. The third-order valence-corrected chi connectivity index (χ3v) is 8.47. The number of rotatable bonds is 9. The molecular formula is C36H32F5N5O4. The number of amides is 2. The van der Waals surface area contributed by atoms with Crippen LogP contribution in [0.5, 0.6) is 17.4 Å². The molecule has 1 N–H and O–H groups in total. The number of ether oxygens (including phenoxy) is 2. The smallest absolute Gasteiger partial charge is 0.416 e. The molecule has 50 heavy (non-hydrogen) atoms. The molecule has 1 saturated heterocycles. The Bertz CT molecular complexity index is 2010. The predicted molar refractivity (Wildman–Crippen MR) is 176 cm³/mol. The van der Waals surface area contributed by atoms with E-state index in [4.69, 9.17) is 4.74 Å². The molecule has 0 aliphatic carbocycles. The molecule has 0 saturated carbocycles. The van der Waals surface area contributed by atoms with E-state index < -0.39 is 24.3 Å². The number of piperazine rings is 1. The van der Waals surface area contributed by atoms with Crippen LogP contribution in [0, 0.1) is 6.92 Å². The van der Waals surface area contributed by atoms with Crippen LogP contribution in [0.15, 0.2) is 85.1 Å². The average molecular weight is 694 g/mol. The van der Waals surface area contributed by atoms with Gasteiger partial charge in [-0.15, -0.1) is 0 Å². The lowest BCUT2D eigenvalue weighted by molar-refractivity contribution is -0.137. The van der Waals surface area contributed by atoms with Crippen LogP contribution in [-0.4, -0.2) is 64.0 Å². The third-order valence-electron chi connectivity index (χ3n) is 8.47. The molecule has 0 spiro atoms. The van der Waals surface area contributed by atoms with Crippen molar-refractivity contribution in [2.45, 2.75) is 26.3 Å². The van der Waals surface area contributed by atoms with Crippen LogP contribution in [0.3, 0.4) is 0 Å². The molecular weight excluding hydrogens is 661 g/mol. The van der Waals surface area contributed by atoms with Gasteiger partial charge in [-0.25, -0.2) is 4.98 Å².